The van der Waals surface area contributed by atoms with E-state index in [-0.39, 0.29) is 6.61 Å². The van der Waals surface area contributed by atoms with Crippen LogP contribution in [0.4, 0.5) is 9.93 Å². The van der Waals surface area contributed by atoms with Crippen LogP contribution in [0.1, 0.15) is 0 Å². The Morgan fingerprint density at radius 2 is 2.46 bits per heavy atom. The number of amides is 1. The molecule has 1 aromatic heterocycles. The lowest BCUT2D eigenvalue weighted by molar-refractivity contribution is 0.161. The fourth-order valence-electron chi connectivity index (χ4n) is 0.586. The largest absolute Gasteiger partial charge is 0.448 e. The smallest absolute Gasteiger partial charge is 0.404 e. The normalized spacial score (nSPS) is 9.62. The van der Waals surface area contributed by atoms with E-state index in [9.17, 15) is 4.79 Å². The first-order valence-electron chi connectivity index (χ1n) is 3.33. The topological polar surface area (TPSA) is 90.1 Å². The van der Waals surface area contributed by atoms with Crippen LogP contribution in [0, 0.1) is 0 Å². The Kier molecular flexibility index (Phi) is 3.90. The first-order valence-corrected chi connectivity index (χ1v) is 4.94. The van der Waals surface area contributed by atoms with Gasteiger partial charge in [0.05, 0.1) is 6.54 Å². The first kappa shape index (κ1) is 10.2. The summed E-state index contributed by atoms with van der Waals surface area (Å²) >= 11 is 4.52. The van der Waals surface area contributed by atoms with Crippen molar-refractivity contribution in [2.75, 3.05) is 18.5 Å². The number of carbonyl (C=O) groups excluding carboxylic acids is 1. The Labute approximate surface area is 86.6 Å². The fourth-order valence-corrected chi connectivity index (χ4v) is 1.62. The number of anilines is 1. The highest BCUT2D eigenvalue weighted by Gasteiger charge is 1.99. The molecule has 0 unspecified atom stereocenters. The van der Waals surface area contributed by atoms with Crippen molar-refractivity contribution in [2.45, 2.75) is 0 Å². The number of rotatable bonds is 4. The number of primary amides is 1. The summed E-state index contributed by atoms with van der Waals surface area (Å²) in [7, 11) is 0. The monoisotopic (exact) mass is 266 g/mol. The first-order chi connectivity index (χ1) is 6.18. The van der Waals surface area contributed by atoms with E-state index < -0.39 is 6.09 Å². The van der Waals surface area contributed by atoms with Crippen molar-refractivity contribution in [3.8, 4) is 0 Å². The van der Waals surface area contributed by atoms with Gasteiger partial charge in [0.15, 0.2) is 3.92 Å². The molecular formula is C5H7BrN4O2S. The van der Waals surface area contributed by atoms with Crippen LogP contribution in [-0.4, -0.2) is 29.4 Å². The van der Waals surface area contributed by atoms with E-state index in [4.69, 9.17) is 5.73 Å². The lowest BCUT2D eigenvalue weighted by atomic mass is 10.7. The second kappa shape index (κ2) is 4.97. The average molecular weight is 267 g/mol. The van der Waals surface area contributed by atoms with Crippen molar-refractivity contribution >= 4 is 38.5 Å². The van der Waals surface area contributed by atoms with E-state index in [2.05, 4.69) is 36.2 Å². The molecule has 6 nitrogen and oxygen atoms in total. The van der Waals surface area contributed by atoms with Gasteiger partial charge in [-0.25, -0.2) is 4.79 Å². The van der Waals surface area contributed by atoms with Crippen LogP contribution in [-0.2, 0) is 4.74 Å². The summed E-state index contributed by atoms with van der Waals surface area (Å²) in [4.78, 5) is 10.2. The zero-order valence-corrected chi connectivity index (χ0v) is 8.89. The van der Waals surface area contributed by atoms with Gasteiger partial charge in [-0.05, 0) is 15.9 Å². The standard InChI is InChI=1S/C5H7BrN4O2S/c6-3-9-10-5(13-3)8-1-2-12-4(7)11/h1-2H2,(H2,7,11)(H,8,10). The molecule has 72 valence electrons. The van der Waals surface area contributed by atoms with Crippen LogP contribution in [0.15, 0.2) is 3.92 Å². The van der Waals surface area contributed by atoms with Gasteiger partial charge in [-0.1, -0.05) is 11.3 Å². The molecule has 1 aromatic rings. The summed E-state index contributed by atoms with van der Waals surface area (Å²) in [5.41, 5.74) is 4.75. The van der Waals surface area contributed by atoms with E-state index in [1.165, 1.54) is 11.3 Å². The Hall–Kier alpha value is -0.890. The van der Waals surface area contributed by atoms with Crippen LogP contribution in [0.2, 0.25) is 0 Å². The average Bonchev–Trinajstić information content (AvgIpc) is 2.45. The molecule has 0 aliphatic rings. The molecule has 8 heteroatoms. The predicted molar refractivity (Wildman–Crippen MR) is 51.6 cm³/mol. The number of carbonyl (C=O) groups is 1. The van der Waals surface area contributed by atoms with Crippen molar-refractivity contribution in [3.05, 3.63) is 3.92 Å². The van der Waals surface area contributed by atoms with Gasteiger partial charge in [0.1, 0.15) is 6.61 Å². The van der Waals surface area contributed by atoms with Gasteiger partial charge in [0.2, 0.25) is 5.13 Å². The third-order valence-corrected chi connectivity index (χ3v) is 2.34. The van der Waals surface area contributed by atoms with Crippen LogP contribution in [0.3, 0.4) is 0 Å². The molecule has 0 aliphatic heterocycles. The number of halogens is 1. The molecule has 0 spiro atoms. The molecule has 1 rings (SSSR count). The zero-order chi connectivity index (χ0) is 9.68. The number of nitrogens with zero attached hydrogens (tertiary/aromatic N) is 2. The molecule has 0 bridgehead atoms. The molecule has 0 aliphatic carbocycles. The maximum atomic E-state index is 10.2. The van der Waals surface area contributed by atoms with Crippen LogP contribution in [0.5, 0.6) is 0 Å². The molecule has 0 radical (unpaired) electrons. The van der Waals surface area contributed by atoms with E-state index in [0.29, 0.717) is 15.6 Å². The van der Waals surface area contributed by atoms with Gasteiger partial charge >= 0.3 is 6.09 Å². The number of ether oxygens (including phenoxy) is 1. The van der Waals surface area contributed by atoms with Crippen molar-refractivity contribution < 1.29 is 9.53 Å². The van der Waals surface area contributed by atoms with Gasteiger partial charge < -0.3 is 15.8 Å². The number of hydrogen-bond acceptors (Lipinski definition) is 6. The number of aromatic nitrogens is 2. The molecule has 3 N–H and O–H groups in total. The molecule has 1 amide bonds. The molecule has 0 atom stereocenters. The highest BCUT2D eigenvalue weighted by molar-refractivity contribution is 9.11. The molecular weight excluding hydrogens is 260 g/mol. The Morgan fingerprint density at radius 1 is 1.69 bits per heavy atom. The van der Waals surface area contributed by atoms with E-state index in [0.717, 1.165) is 0 Å². The van der Waals surface area contributed by atoms with Crippen molar-refractivity contribution in [1.29, 1.82) is 0 Å². The molecule has 1 heterocycles. The SMILES string of the molecule is NC(=O)OCCNc1nnc(Br)s1. The van der Waals surface area contributed by atoms with Crippen molar-refractivity contribution in [1.82, 2.24) is 10.2 Å². The maximum Gasteiger partial charge on any atom is 0.404 e. The lowest BCUT2D eigenvalue weighted by Crippen LogP contribution is -2.18. The number of nitrogens with one attached hydrogen (secondary N) is 1. The molecule has 0 fully saturated rings. The predicted octanol–water partition coefficient (Wildman–Crippen LogP) is 0.808. The van der Waals surface area contributed by atoms with Crippen molar-refractivity contribution in [2.24, 2.45) is 5.73 Å². The zero-order valence-electron chi connectivity index (χ0n) is 6.49. The molecule has 0 saturated heterocycles. The molecule has 0 saturated carbocycles. The van der Waals surface area contributed by atoms with Gasteiger partial charge in [-0.3, -0.25) is 0 Å². The maximum absolute atomic E-state index is 10.2. The van der Waals surface area contributed by atoms with E-state index in [1.54, 1.807) is 0 Å². The van der Waals surface area contributed by atoms with Crippen molar-refractivity contribution in [3.63, 3.8) is 0 Å². The number of hydrogen-bond donors (Lipinski definition) is 2. The summed E-state index contributed by atoms with van der Waals surface area (Å²) in [6.07, 6.45) is -0.778. The van der Waals surface area contributed by atoms with E-state index >= 15 is 0 Å². The van der Waals surface area contributed by atoms with E-state index in [1.807, 2.05) is 0 Å². The highest BCUT2D eigenvalue weighted by atomic mass is 79.9. The minimum atomic E-state index is -0.778. The lowest BCUT2D eigenvalue weighted by Gasteiger charge is -2.00. The Balaban J connectivity index is 2.16. The van der Waals surface area contributed by atoms with Gasteiger partial charge in [0.25, 0.3) is 0 Å². The fraction of sp³-hybridized carbons (Fsp3) is 0.400. The third-order valence-electron chi connectivity index (χ3n) is 1.02. The second-order valence-corrected chi connectivity index (χ2v) is 4.21. The van der Waals surface area contributed by atoms with Crippen LogP contribution in [0.25, 0.3) is 0 Å². The molecule has 0 aromatic carbocycles. The summed E-state index contributed by atoms with van der Waals surface area (Å²) in [5, 5.41) is 11.1. The van der Waals surface area contributed by atoms with Gasteiger partial charge in [-0.2, -0.15) is 0 Å². The second-order valence-electron chi connectivity index (χ2n) is 1.95. The minimum absolute atomic E-state index is 0.215. The van der Waals surface area contributed by atoms with Gasteiger partial charge in [-0.15, -0.1) is 10.2 Å². The summed E-state index contributed by atoms with van der Waals surface area (Å²) in [6.45, 7) is 0.678. The summed E-state index contributed by atoms with van der Waals surface area (Å²) in [5.74, 6) is 0. The Morgan fingerprint density at radius 3 is 3.00 bits per heavy atom. The quantitative estimate of drug-likeness (QED) is 0.788. The summed E-state index contributed by atoms with van der Waals surface area (Å²) < 4.78 is 5.19. The summed E-state index contributed by atoms with van der Waals surface area (Å²) in [6, 6.07) is 0. The van der Waals surface area contributed by atoms with Crippen LogP contribution < -0.4 is 11.1 Å². The number of nitrogens with two attached hydrogens (primary N) is 1. The Bertz CT molecular complexity index is 292. The third kappa shape index (κ3) is 4.04. The molecule has 13 heavy (non-hydrogen) atoms. The van der Waals surface area contributed by atoms with Gasteiger partial charge in [0, 0.05) is 0 Å². The minimum Gasteiger partial charge on any atom is -0.448 e. The van der Waals surface area contributed by atoms with Crippen LogP contribution >= 0.6 is 27.3 Å². The highest BCUT2D eigenvalue weighted by Crippen LogP contribution is 2.19.